The van der Waals surface area contributed by atoms with Crippen molar-refractivity contribution in [2.45, 2.75) is 9.79 Å². The molecule has 1 unspecified atom stereocenters. The van der Waals surface area contributed by atoms with E-state index in [0.29, 0.717) is 17.0 Å². The van der Waals surface area contributed by atoms with E-state index in [1.807, 2.05) is 0 Å². The monoisotopic (exact) mass is 384 g/mol. The molecule has 7 heteroatoms. The maximum atomic E-state index is 13.2. The second-order valence-electron chi connectivity index (χ2n) is 4.45. The summed E-state index contributed by atoms with van der Waals surface area (Å²) in [5.41, 5.74) is -0.475. The van der Waals surface area contributed by atoms with Gasteiger partial charge in [-0.15, -0.1) is 0 Å². The van der Waals surface area contributed by atoms with Crippen molar-refractivity contribution in [3.63, 3.8) is 0 Å². The van der Waals surface area contributed by atoms with E-state index in [4.69, 9.17) is 4.42 Å². The molecule has 0 N–H and O–H groups in total. The molecule has 112 valence electrons. The van der Waals surface area contributed by atoms with Crippen molar-refractivity contribution < 1.29 is 17.8 Å². The van der Waals surface area contributed by atoms with Crippen LogP contribution >= 0.6 is 15.9 Å². The summed E-state index contributed by atoms with van der Waals surface area (Å²) in [7, 11) is 0. The third-order valence-corrected chi connectivity index (χ3v) is 4.75. The van der Waals surface area contributed by atoms with Gasteiger partial charge >= 0.3 is 5.63 Å². The second-order valence-corrected chi connectivity index (χ2v) is 6.82. The van der Waals surface area contributed by atoms with Crippen molar-refractivity contribution in [3.8, 4) is 0 Å². The summed E-state index contributed by atoms with van der Waals surface area (Å²) in [4.78, 5) is 11.6. The number of rotatable bonds is 2. The van der Waals surface area contributed by atoms with Crippen molar-refractivity contribution in [2.24, 2.45) is 0 Å². The lowest BCUT2D eigenvalue weighted by atomic mass is 10.2. The topological polar surface area (TPSA) is 53.3 Å². The van der Waals surface area contributed by atoms with E-state index in [-0.39, 0.29) is 9.79 Å². The molecule has 0 aliphatic rings. The van der Waals surface area contributed by atoms with Crippen LogP contribution in [0.3, 0.4) is 0 Å². The van der Waals surface area contributed by atoms with Gasteiger partial charge in [0.1, 0.15) is 17.2 Å². The fourth-order valence-electron chi connectivity index (χ4n) is 1.97. The highest BCUT2D eigenvalue weighted by atomic mass is 79.9. The minimum absolute atomic E-state index is 0.140. The molecule has 1 heterocycles. The molecule has 3 aromatic rings. The summed E-state index contributed by atoms with van der Waals surface area (Å²) in [6, 6.07) is 8.88. The van der Waals surface area contributed by atoms with Crippen LogP contribution in [-0.4, -0.2) is 4.55 Å². The molecule has 3 nitrogen and oxygen atoms in total. The van der Waals surface area contributed by atoms with Crippen LogP contribution < -0.4 is 5.63 Å². The second kappa shape index (κ2) is 5.83. The Morgan fingerprint density at radius 3 is 2.41 bits per heavy atom. The average Bonchev–Trinajstić information content (AvgIpc) is 2.45. The Morgan fingerprint density at radius 2 is 1.73 bits per heavy atom. The lowest BCUT2D eigenvalue weighted by Gasteiger charge is -2.09. The fourth-order valence-corrected chi connectivity index (χ4v) is 3.47. The number of hydrogen-bond acceptors (Lipinski definition) is 3. The van der Waals surface area contributed by atoms with Gasteiger partial charge < -0.3 is 8.97 Å². The number of hydrogen-bond donors (Lipinski definition) is 0. The largest absolute Gasteiger partial charge is 0.606 e. The van der Waals surface area contributed by atoms with E-state index in [1.54, 1.807) is 18.2 Å². The molecular formula is C15H7BrF2O3S. The summed E-state index contributed by atoms with van der Waals surface area (Å²) < 4.78 is 44.7. The molecule has 0 aliphatic carbocycles. The van der Waals surface area contributed by atoms with Crippen LogP contribution in [0.25, 0.3) is 11.0 Å². The standard InChI is InChI=1S/C15H7BrF2O3S/c16-9-1-2-13-8(3-9)4-14(15(19)21-13)22(20)12-6-10(17)5-11(18)7-12/h1-7H. The van der Waals surface area contributed by atoms with E-state index in [2.05, 4.69) is 15.9 Å². The van der Waals surface area contributed by atoms with Crippen molar-refractivity contribution in [1.82, 2.24) is 0 Å². The average molecular weight is 385 g/mol. The van der Waals surface area contributed by atoms with Crippen molar-refractivity contribution in [3.05, 3.63) is 69.0 Å². The Bertz CT molecular complexity index is 906. The maximum Gasteiger partial charge on any atom is 0.392 e. The van der Waals surface area contributed by atoms with Crippen LogP contribution in [-0.2, 0) is 11.2 Å². The summed E-state index contributed by atoms with van der Waals surface area (Å²) in [6.07, 6.45) is 0. The van der Waals surface area contributed by atoms with Crippen LogP contribution in [0.15, 0.2) is 65.9 Å². The Hall–Kier alpha value is -1.70. The predicted octanol–water partition coefficient (Wildman–Crippen LogP) is 4.00. The molecule has 0 spiro atoms. The predicted molar refractivity (Wildman–Crippen MR) is 81.2 cm³/mol. The van der Waals surface area contributed by atoms with E-state index in [1.165, 1.54) is 6.07 Å². The van der Waals surface area contributed by atoms with Gasteiger partial charge in [0.05, 0.1) is 0 Å². The molecule has 0 saturated carbocycles. The third-order valence-electron chi connectivity index (χ3n) is 2.91. The Kier molecular flexibility index (Phi) is 4.03. The molecular weight excluding hydrogens is 378 g/mol. The van der Waals surface area contributed by atoms with Gasteiger partial charge in [-0.05, 0) is 18.2 Å². The quantitative estimate of drug-likeness (QED) is 0.495. The van der Waals surface area contributed by atoms with Gasteiger partial charge in [0.25, 0.3) is 0 Å². The molecule has 1 aromatic heterocycles. The SMILES string of the molecule is O=c1oc2ccc(Br)cc2cc1[S+]([O-])c1cc(F)cc(F)c1. The van der Waals surface area contributed by atoms with Gasteiger partial charge in [0.2, 0.25) is 4.90 Å². The molecule has 3 rings (SSSR count). The zero-order valence-corrected chi connectivity index (χ0v) is 13.2. The Morgan fingerprint density at radius 1 is 1.05 bits per heavy atom. The first kappa shape index (κ1) is 15.2. The number of halogens is 3. The van der Waals surface area contributed by atoms with Gasteiger partial charge in [-0.3, -0.25) is 0 Å². The lowest BCUT2D eigenvalue weighted by molar-refractivity contribution is 0.530. The van der Waals surface area contributed by atoms with Gasteiger partial charge in [0, 0.05) is 45.3 Å². The normalized spacial score (nSPS) is 12.5. The fraction of sp³-hybridized carbons (Fsp3) is 0. The molecule has 0 saturated heterocycles. The van der Waals surface area contributed by atoms with E-state index in [9.17, 15) is 18.1 Å². The molecule has 0 fully saturated rings. The summed E-state index contributed by atoms with van der Waals surface area (Å²) in [5, 5.41) is 0.550. The Balaban J connectivity index is 2.15. The van der Waals surface area contributed by atoms with E-state index < -0.39 is 28.4 Å². The highest BCUT2D eigenvalue weighted by Gasteiger charge is 2.23. The van der Waals surface area contributed by atoms with E-state index in [0.717, 1.165) is 16.6 Å². The smallest absolute Gasteiger partial charge is 0.392 e. The number of benzene rings is 2. The van der Waals surface area contributed by atoms with Crippen molar-refractivity contribution in [1.29, 1.82) is 0 Å². The van der Waals surface area contributed by atoms with Crippen LogP contribution in [0.1, 0.15) is 0 Å². The van der Waals surface area contributed by atoms with Crippen molar-refractivity contribution >= 4 is 38.1 Å². The zero-order valence-electron chi connectivity index (χ0n) is 10.8. The van der Waals surface area contributed by atoms with Gasteiger partial charge in [0.15, 0.2) is 4.90 Å². The minimum Gasteiger partial charge on any atom is -0.606 e. The summed E-state index contributed by atoms with van der Waals surface area (Å²) in [5.74, 6) is -1.73. The summed E-state index contributed by atoms with van der Waals surface area (Å²) in [6.45, 7) is 0. The summed E-state index contributed by atoms with van der Waals surface area (Å²) >= 11 is 1.24. The molecule has 0 amide bonds. The molecule has 22 heavy (non-hydrogen) atoms. The van der Waals surface area contributed by atoms with Crippen LogP contribution in [0.5, 0.6) is 0 Å². The van der Waals surface area contributed by atoms with Gasteiger partial charge in [-0.2, -0.15) is 0 Å². The highest BCUT2D eigenvalue weighted by Crippen LogP contribution is 2.25. The first-order valence-corrected chi connectivity index (χ1v) is 7.99. The number of fused-ring (bicyclic) bond motifs is 1. The maximum absolute atomic E-state index is 13.2. The minimum atomic E-state index is -2.04. The molecule has 1 atom stereocenters. The molecule has 0 bridgehead atoms. The Labute approximate surface area is 134 Å². The molecule has 0 radical (unpaired) electrons. The van der Waals surface area contributed by atoms with Gasteiger partial charge in [-0.25, -0.2) is 13.6 Å². The first-order valence-electron chi connectivity index (χ1n) is 6.05. The highest BCUT2D eigenvalue weighted by molar-refractivity contribution is 9.10. The zero-order chi connectivity index (χ0) is 15.9. The molecule has 2 aromatic carbocycles. The van der Waals surface area contributed by atoms with Crippen molar-refractivity contribution in [2.75, 3.05) is 0 Å². The molecule has 0 aliphatic heterocycles. The third kappa shape index (κ3) is 2.92. The first-order chi connectivity index (χ1) is 10.4. The van der Waals surface area contributed by atoms with Gasteiger partial charge in [-0.1, -0.05) is 15.9 Å². The lowest BCUT2D eigenvalue weighted by Crippen LogP contribution is -2.14. The van der Waals surface area contributed by atoms with Crippen LogP contribution in [0, 0.1) is 11.6 Å². The van der Waals surface area contributed by atoms with Crippen LogP contribution in [0.4, 0.5) is 8.78 Å². The van der Waals surface area contributed by atoms with Crippen LogP contribution in [0.2, 0.25) is 0 Å². The van der Waals surface area contributed by atoms with E-state index >= 15 is 0 Å².